The Balaban J connectivity index is 2.15. The standard InChI is InChI=1S/C17H16ClNO5S/c1-2-24-16(20)11-8-12-6-9-13(10-7-12)19-25(22,23)15-5-3-4-14(18)17(15)21/h3-11,19,21H,2H2,1H3. The van der Waals surface area contributed by atoms with E-state index in [0.29, 0.717) is 17.9 Å². The summed E-state index contributed by atoms with van der Waals surface area (Å²) in [6.45, 7) is 2.00. The van der Waals surface area contributed by atoms with Gasteiger partial charge < -0.3 is 9.84 Å². The van der Waals surface area contributed by atoms with Crippen LogP contribution in [0.1, 0.15) is 12.5 Å². The molecule has 0 amide bonds. The Bertz CT molecular complexity index is 892. The predicted octanol–water partition coefficient (Wildman–Crippen LogP) is 3.42. The number of phenolic OH excluding ortho intramolecular Hbond substituents is 1. The van der Waals surface area contributed by atoms with Gasteiger partial charge in [-0.2, -0.15) is 0 Å². The molecule has 0 saturated carbocycles. The lowest BCUT2D eigenvalue weighted by Gasteiger charge is -2.10. The maximum Gasteiger partial charge on any atom is 0.330 e. The summed E-state index contributed by atoms with van der Waals surface area (Å²) in [7, 11) is -3.99. The van der Waals surface area contributed by atoms with Crippen LogP contribution in [0.4, 0.5) is 5.69 Å². The summed E-state index contributed by atoms with van der Waals surface area (Å²) in [5.74, 6) is -0.964. The lowest BCUT2D eigenvalue weighted by atomic mass is 10.2. The van der Waals surface area contributed by atoms with Gasteiger partial charge >= 0.3 is 5.97 Å². The summed E-state index contributed by atoms with van der Waals surface area (Å²) in [5, 5.41) is 9.76. The van der Waals surface area contributed by atoms with E-state index in [1.54, 1.807) is 25.1 Å². The molecule has 0 atom stereocenters. The SMILES string of the molecule is CCOC(=O)C=Cc1ccc(NS(=O)(=O)c2cccc(Cl)c2O)cc1. The Morgan fingerprint density at radius 1 is 1.24 bits per heavy atom. The number of anilines is 1. The minimum absolute atomic E-state index is 0.0534. The van der Waals surface area contributed by atoms with E-state index in [-0.39, 0.29) is 9.92 Å². The van der Waals surface area contributed by atoms with E-state index in [2.05, 4.69) is 4.72 Å². The summed E-state index contributed by atoms with van der Waals surface area (Å²) in [6.07, 6.45) is 2.84. The number of carbonyl (C=O) groups is 1. The van der Waals surface area contributed by atoms with E-state index in [1.165, 1.54) is 36.4 Å². The Hall–Kier alpha value is -2.51. The number of ether oxygens (including phenoxy) is 1. The van der Waals surface area contributed by atoms with Crippen molar-refractivity contribution < 1.29 is 23.1 Å². The molecule has 0 aromatic heterocycles. The summed E-state index contributed by atoms with van der Waals surface area (Å²) in [4.78, 5) is 10.9. The monoisotopic (exact) mass is 381 g/mol. The Labute approximate surface area is 150 Å². The van der Waals surface area contributed by atoms with Gasteiger partial charge in [-0.1, -0.05) is 29.8 Å². The largest absolute Gasteiger partial charge is 0.505 e. The first-order valence-electron chi connectivity index (χ1n) is 7.28. The number of nitrogens with one attached hydrogen (secondary N) is 1. The first-order chi connectivity index (χ1) is 11.8. The van der Waals surface area contributed by atoms with Gasteiger partial charge in [-0.05, 0) is 42.8 Å². The van der Waals surface area contributed by atoms with Crippen molar-refractivity contribution in [2.24, 2.45) is 0 Å². The van der Waals surface area contributed by atoms with Crippen molar-refractivity contribution in [3.8, 4) is 5.75 Å². The fraction of sp³-hybridized carbons (Fsp3) is 0.118. The molecule has 25 heavy (non-hydrogen) atoms. The second-order valence-corrected chi connectivity index (χ2v) is 6.96. The topological polar surface area (TPSA) is 92.7 Å². The summed E-state index contributed by atoms with van der Waals surface area (Å²) < 4.78 is 31.8. The maximum atomic E-state index is 12.3. The first kappa shape index (κ1) is 18.8. The highest BCUT2D eigenvalue weighted by Crippen LogP contribution is 2.31. The number of hydrogen-bond donors (Lipinski definition) is 2. The molecule has 0 saturated heterocycles. The van der Waals surface area contributed by atoms with Gasteiger partial charge in [-0.15, -0.1) is 0 Å². The van der Waals surface area contributed by atoms with Crippen molar-refractivity contribution in [2.45, 2.75) is 11.8 Å². The minimum Gasteiger partial charge on any atom is -0.505 e. The van der Waals surface area contributed by atoms with E-state index in [1.807, 2.05) is 0 Å². The molecule has 0 fully saturated rings. The van der Waals surface area contributed by atoms with Crippen LogP contribution in [0, 0.1) is 0 Å². The van der Waals surface area contributed by atoms with Crippen LogP contribution in [-0.4, -0.2) is 26.1 Å². The molecule has 2 N–H and O–H groups in total. The number of sulfonamides is 1. The molecule has 132 valence electrons. The van der Waals surface area contributed by atoms with Crippen LogP contribution in [0.25, 0.3) is 6.08 Å². The lowest BCUT2D eigenvalue weighted by Crippen LogP contribution is -2.13. The molecule has 0 bridgehead atoms. The number of benzene rings is 2. The van der Waals surface area contributed by atoms with Crippen molar-refractivity contribution in [3.63, 3.8) is 0 Å². The predicted molar refractivity (Wildman–Crippen MR) is 96.0 cm³/mol. The Morgan fingerprint density at radius 2 is 1.92 bits per heavy atom. The van der Waals surface area contributed by atoms with Gasteiger partial charge in [0, 0.05) is 11.8 Å². The third kappa shape index (κ3) is 4.98. The van der Waals surface area contributed by atoms with Gasteiger partial charge in [-0.25, -0.2) is 13.2 Å². The molecular weight excluding hydrogens is 366 g/mol. The van der Waals surface area contributed by atoms with E-state index in [4.69, 9.17) is 16.3 Å². The van der Waals surface area contributed by atoms with E-state index < -0.39 is 21.7 Å². The van der Waals surface area contributed by atoms with Crippen molar-refractivity contribution >= 4 is 39.4 Å². The second-order valence-electron chi connectivity index (χ2n) is 4.90. The summed E-state index contributed by atoms with van der Waals surface area (Å²) in [6, 6.07) is 10.4. The van der Waals surface area contributed by atoms with Crippen LogP contribution in [0.3, 0.4) is 0 Å². The highest BCUT2D eigenvalue weighted by atomic mass is 35.5. The number of halogens is 1. The fourth-order valence-electron chi connectivity index (χ4n) is 1.94. The third-order valence-corrected chi connectivity index (χ3v) is 4.82. The molecule has 0 unspecified atom stereocenters. The summed E-state index contributed by atoms with van der Waals surface area (Å²) >= 11 is 5.74. The molecule has 0 aliphatic rings. The van der Waals surface area contributed by atoms with E-state index in [9.17, 15) is 18.3 Å². The van der Waals surface area contributed by atoms with Gasteiger partial charge in [0.05, 0.1) is 11.6 Å². The fourth-order valence-corrected chi connectivity index (χ4v) is 3.35. The molecular formula is C17H16ClNO5S. The Kier molecular flexibility index (Phi) is 6.06. The molecule has 0 spiro atoms. The quantitative estimate of drug-likeness (QED) is 0.590. The van der Waals surface area contributed by atoms with Gasteiger partial charge in [0.2, 0.25) is 0 Å². The van der Waals surface area contributed by atoms with Crippen LogP contribution in [0.2, 0.25) is 5.02 Å². The van der Waals surface area contributed by atoms with Crippen LogP contribution >= 0.6 is 11.6 Å². The van der Waals surface area contributed by atoms with Crippen LogP contribution in [-0.2, 0) is 19.6 Å². The van der Waals surface area contributed by atoms with Gasteiger partial charge in [0.1, 0.15) is 4.90 Å². The normalized spacial score (nSPS) is 11.4. The molecule has 0 heterocycles. The number of aromatic hydroxyl groups is 1. The van der Waals surface area contributed by atoms with E-state index >= 15 is 0 Å². The zero-order valence-corrected chi connectivity index (χ0v) is 14.8. The van der Waals surface area contributed by atoms with Gasteiger partial charge in [-0.3, -0.25) is 4.72 Å². The highest BCUT2D eigenvalue weighted by Gasteiger charge is 2.20. The zero-order chi connectivity index (χ0) is 18.4. The zero-order valence-electron chi connectivity index (χ0n) is 13.3. The number of para-hydroxylation sites is 1. The minimum atomic E-state index is -3.99. The molecule has 6 nitrogen and oxygen atoms in total. The third-order valence-electron chi connectivity index (χ3n) is 3.10. The lowest BCUT2D eigenvalue weighted by molar-refractivity contribution is -0.137. The van der Waals surface area contributed by atoms with Crippen molar-refractivity contribution in [3.05, 3.63) is 59.1 Å². The average molecular weight is 382 g/mol. The van der Waals surface area contributed by atoms with Crippen LogP contribution in [0.5, 0.6) is 5.75 Å². The smallest absolute Gasteiger partial charge is 0.330 e. The number of hydrogen-bond acceptors (Lipinski definition) is 5. The molecule has 2 aromatic carbocycles. The number of carbonyl (C=O) groups excluding carboxylic acids is 1. The molecule has 0 aliphatic heterocycles. The summed E-state index contributed by atoms with van der Waals surface area (Å²) in [5.41, 5.74) is 0.995. The van der Waals surface area contributed by atoms with Crippen molar-refractivity contribution in [1.82, 2.24) is 0 Å². The molecule has 0 aliphatic carbocycles. The second kappa shape index (κ2) is 8.04. The number of rotatable bonds is 6. The molecule has 2 aromatic rings. The highest BCUT2D eigenvalue weighted by molar-refractivity contribution is 7.92. The van der Waals surface area contributed by atoms with Crippen molar-refractivity contribution in [1.29, 1.82) is 0 Å². The van der Waals surface area contributed by atoms with Crippen LogP contribution < -0.4 is 4.72 Å². The van der Waals surface area contributed by atoms with E-state index in [0.717, 1.165) is 0 Å². The molecule has 0 radical (unpaired) electrons. The number of esters is 1. The van der Waals surface area contributed by atoms with Gasteiger partial charge in [0.15, 0.2) is 5.75 Å². The Morgan fingerprint density at radius 3 is 2.56 bits per heavy atom. The molecule has 2 rings (SSSR count). The van der Waals surface area contributed by atoms with Gasteiger partial charge in [0.25, 0.3) is 10.0 Å². The average Bonchev–Trinajstić information content (AvgIpc) is 2.56. The van der Waals surface area contributed by atoms with Crippen molar-refractivity contribution in [2.75, 3.05) is 11.3 Å². The van der Waals surface area contributed by atoms with Crippen LogP contribution in [0.15, 0.2) is 53.4 Å². The molecule has 8 heteroatoms. The number of phenols is 1. The maximum absolute atomic E-state index is 12.3. The first-order valence-corrected chi connectivity index (χ1v) is 9.15.